The van der Waals surface area contributed by atoms with Gasteiger partial charge in [0.1, 0.15) is 0 Å². The van der Waals surface area contributed by atoms with Crippen molar-refractivity contribution in [3.05, 3.63) is 45.6 Å². The number of carboxylic acid groups (broad SMARTS) is 1. The Morgan fingerprint density at radius 1 is 1.44 bits per heavy atom. The molecule has 1 aromatic carbocycles. The van der Waals surface area contributed by atoms with E-state index in [-0.39, 0.29) is 5.56 Å². The summed E-state index contributed by atoms with van der Waals surface area (Å²) in [6.07, 6.45) is 0. The molecule has 4 N–H and O–H groups in total. The Labute approximate surface area is 109 Å². The van der Waals surface area contributed by atoms with Gasteiger partial charge in [0.15, 0.2) is 0 Å². The summed E-state index contributed by atoms with van der Waals surface area (Å²) in [5.41, 5.74) is 9.29. The van der Waals surface area contributed by atoms with Crippen LogP contribution in [0.5, 0.6) is 0 Å². The molecule has 2 aromatic rings. The summed E-state index contributed by atoms with van der Waals surface area (Å²) < 4.78 is 0. The van der Waals surface area contributed by atoms with E-state index in [1.54, 1.807) is 29.5 Å². The number of nitrogens with two attached hydrogens (primary N) is 1. The zero-order valence-corrected chi connectivity index (χ0v) is 10.8. The van der Waals surface area contributed by atoms with Gasteiger partial charge in [0, 0.05) is 6.54 Å². The highest BCUT2D eigenvalue weighted by molar-refractivity contribution is 7.08. The first kappa shape index (κ1) is 12.4. The van der Waals surface area contributed by atoms with Crippen molar-refractivity contribution in [3.8, 4) is 0 Å². The van der Waals surface area contributed by atoms with Crippen LogP contribution >= 0.6 is 11.3 Å². The number of hydrogen-bond acceptors (Lipinski definition) is 4. The van der Waals surface area contributed by atoms with Gasteiger partial charge < -0.3 is 16.2 Å². The van der Waals surface area contributed by atoms with Crippen LogP contribution in [0.4, 0.5) is 11.4 Å². The van der Waals surface area contributed by atoms with Crippen LogP contribution in [0.15, 0.2) is 29.0 Å². The van der Waals surface area contributed by atoms with Crippen LogP contribution in [0.2, 0.25) is 0 Å². The molecule has 0 atom stereocenters. The van der Waals surface area contributed by atoms with E-state index in [9.17, 15) is 4.79 Å². The number of nitrogens with one attached hydrogen (secondary N) is 1. The van der Waals surface area contributed by atoms with Crippen molar-refractivity contribution in [3.63, 3.8) is 0 Å². The van der Waals surface area contributed by atoms with E-state index in [2.05, 4.69) is 10.7 Å². The lowest BCUT2D eigenvalue weighted by Gasteiger charge is -2.12. The van der Waals surface area contributed by atoms with E-state index >= 15 is 0 Å². The van der Waals surface area contributed by atoms with Crippen LogP contribution in [0.3, 0.4) is 0 Å². The van der Waals surface area contributed by atoms with Gasteiger partial charge in [0.05, 0.1) is 16.9 Å². The minimum atomic E-state index is -0.980. The van der Waals surface area contributed by atoms with Gasteiger partial charge in [0.25, 0.3) is 0 Å². The fourth-order valence-electron chi connectivity index (χ4n) is 1.70. The molecule has 0 fully saturated rings. The summed E-state index contributed by atoms with van der Waals surface area (Å²) in [6, 6.07) is 4.87. The molecule has 2 rings (SSSR count). The second-order valence-electron chi connectivity index (χ2n) is 4.01. The normalized spacial score (nSPS) is 10.3. The standard InChI is InChI=1S/C13H14N2O2S/c1-8-6-18-7-9(8)5-15-12-10(13(16)17)3-2-4-11(12)14/h2-4,6-7,15H,5,14H2,1H3,(H,16,17). The molecule has 5 heteroatoms. The fraction of sp³-hybridized carbons (Fsp3) is 0.154. The van der Waals surface area contributed by atoms with E-state index in [1.165, 1.54) is 5.56 Å². The number of thiophene rings is 1. The van der Waals surface area contributed by atoms with Crippen LogP contribution in [-0.2, 0) is 6.54 Å². The number of anilines is 2. The highest BCUT2D eigenvalue weighted by atomic mass is 32.1. The molecule has 0 radical (unpaired) electrons. The summed E-state index contributed by atoms with van der Waals surface area (Å²) in [7, 11) is 0. The Kier molecular flexibility index (Phi) is 3.53. The summed E-state index contributed by atoms with van der Waals surface area (Å²) in [4.78, 5) is 11.1. The van der Waals surface area contributed by atoms with Gasteiger partial charge in [-0.25, -0.2) is 4.79 Å². The van der Waals surface area contributed by atoms with E-state index in [0.29, 0.717) is 17.9 Å². The summed E-state index contributed by atoms with van der Waals surface area (Å²) in [5.74, 6) is -0.980. The molecule has 94 valence electrons. The van der Waals surface area contributed by atoms with Crippen molar-refractivity contribution in [1.29, 1.82) is 0 Å². The molecule has 0 unspecified atom stereocenters. The predicted molar refractivity (Wildman–Crippen MR) is 74.2 cm³/mol. The minimum absolute atomic E-state index is 0.197. The second kappa shape index (κ2) is 5.10. The minimum Gasteiger partial charge on any atom is -0.478 e. The Morgan fingerprint density at radius 2 is 2.22 bits per heavy atom. The fourth-order valence-corrected chi connectivity index (χ4v) is 2.55. The molecule has 1 aromatic heterocycles. The Morgan fingerprint density at radius 3 is 2.83 bits per heavy atom. The number of rotatable bonds is 4. The molecule has 0 aliphatic rings. The Balaban J connectivity index is 2.24. The lowest BCUT2D eigenvalue weighted by Crippen LogP contribution is -2.09. The highest BCUT2D eigenvalue weighted by Crippen LogP contribution is 2.25. The van der Waals surface area contributed by atoms with E-state index in [1.807, 2.05) is 12.3 Å². The zero-order chi connectivity index (χ0) is 13.1. The third kappa shape index (κ3) is 2.46. The Hall–Kier alpha value is -2.01. The first-order valence-corrected chi connectivity index (χ1v) is 6.41. The third-order valence-electron chi connectivity index (χ3n) is 2.74. The van der Waals surface area contributed by atoms with Crippen molar-refractivity contribution in [2.45, 2.75) is 13.5 Å². The molecule has 0 bridgehead atoms. The van der Waals surface area contributed by atoms with Gasteiger partial charge >= 0.3 is 5.97 Å². The summed E-state index contributed by atoms with van der Waals surface area (Å²) >= 11 is 1.63. The van der Waals surface area contributed by atoms with Gasteiger partial charge in [-0.05, 0) is 40.9 Å². The number of aryl methyl sites for hydroxylation is 1. The lowest BCUT2D eigenvalue weighted by molar-refractivity contribution is 0.0698. The van der Waals surface area contributed by atoms with Gasteiger partial charge in [-0.2, -0.15) is 11.3 Å². The quantitative estimate of drug-likeness (QED) is 0.740. The van der Waals surface area contributed by atoms with Crippen LogP contribution < -0.4 is 11.1 Å². The Bertz CT molecular complexity index is 578. The SMILES string of the molecule is Cc1cscc1CNc1c(N)cccc1C(=O)O. The van der Waals surface area contributed by atoms with Crippen molar-refractivity contribution >= 4 is 28.7 Å². The van der Waals surface area contributed by atoms with Gasteiger partial charge in [-0.1, -0.05) is 6.07 Å². The van der Waals surface area contributed by atoms with Crippen LogP contribution in [0.25, 0.3) is 0 Å². The predicted octanol–water partition coefficient (Wildman–Crippen LogP) is 2.95. The van der Waals surface area contributed by atoms with Crippen molar-refractivity contribution < 1.29 is 9.90 Å². The number of carboxylic acids is 1. The molecule has 0 spiro atoms. The van der Waals surface area contributed by atoms with Crippen molar-refractivity contribution in [2.75, 3.05) is 11.1 Å². The second-order valence-corrected chi connectivity index (χ2v) is 4.75. The number of aromatic carboxylic acids is 1. The smallest absolute Gasteiger partial charge is 0.337 e. The molecule has 4 nitrogen and oxygen atoms in total. The molecule has 0 aliphatic carbocycles. The molecule has 0 aliphatic heterocycles. The van der Waals surface area contributed by atoms with Crippen LogP contribution in [0.1, 0.15) is 21.5 Å². The third-order valence-corrected chi connectivity index (χ3v) is 3.65. The largest absolute Gasteiger partial charge is 0.478 e. The van der Waals surface area contributed by atoms with Crippen LogP contribution in [0, 0.1) is 6.92 Å². The maximum atomic E-state index is 11.1. The average Bonchev–Trinajstić information content (AvgIpc) is 2.73. The molecule has 0 amide bonds. The monoisotopic (exact) mass is 262 g/mol. The van der Waals surface area contributed by atoms with Gasteiger partial charge in [-0.3, -0.25) is 0 Å². The summed E-state index contributed by atoms with van der Waals surface area (Å²) in [5, 5.41) is 16.3. The van der Waals surface area contributed by atoms with Crippen LogP contribution in [-0.4, -0.2) is 11.1 Å². The molecule has 0 saturated carbocycles. The number of nitrogen functional groups attached to an aromatic ring is 1. The maximum absolute atomic E-state index is 11.1. The number of benzene rings is 1. The van der Waals surface area contributed by atoms with E-state index in [0.717, 1.165) is 5.56 Å². The molecule has 0 saturated heterocycles. The average molecular weight is 262 g/mol. The molecule has 18 heavy (non-hydrogen) atoms. The lowest BCUT2D eigenvalue weighted by atomic mass is 10.1. The number of para-hydroxylation sites is 1. The molecular formula is C13H14N2O2S. The van der Waals surface area contributed by atoms with Gasteiger partial charge in [-0.15, -0.1) is 0 Å². The van der Waals surface area contributed by atoms with Crippen molar-refractivity contribution in [2.24, 2.45) is 0 Å². The molecular weight excluding hydrogens is 248 g/mol. The van der Waals surface area contributed by atoms with E-state index in [4.69, 9.17) is 10.8 Å². The maximum Gasteiger partial charge on any atom is 0.337 e. The first-order valence-electron chi connectivity index (χ1n) is 5.47. The van der Waals surface area contributed by atoms with Crippen molar-refractivity contribution in [1.82, 2.24) is 0 Å². The number of carbonyl (C=O) groups is 1. The first-order chi connectivity index (χ1) is 8.59. The number of hydrogen-bond donors (Lipinski definition) is 3. The van der Waals surface area contributed by atoms with Gasteiger partial charge in [0.2, 0.25) is 0 Å². The summed E-state index contributed by atoms with van der Waals surface area (Å²) in [6.45, 7) is 2.60. The molecule has 1 heterocycles. The zero-order valence-electron chi connectivity index (χ0n) is 9.93. The highest BCUT2D eigenvalue weighted by Gasteiger charge is 2.12. The topological polar surface area (TPSA) is 75.3 Å². The van der Waals surface area contributed by atoms with E-state index < -0.39 is 5.97 Å².